The number of hydrogen-bond acceptors (Lipinski definition) is 4. The van der Waals surface area contributed by atoms with Crippen LogP contribution in [0.15, 0.2) is 18.2 Å². The first-order chi connectivity index (χ1) is 10.5. The molecular formula is C16H25N3O3. The van der Waals surface area contributed by atoms with Crippen LogP contribution >= 0.6 is 0 Å². The molecule has 2 amide bonds. The molecule has 122 valence electrons. The predicted octanol–water partition coefficient (Wildman–Crippen LogP) is 2.26. The summed E-state index contributed by atoms with van der Waals surface area (Å²) >= 11 is 0. The topological polar surface area (TPSA) is 54.0 Å². The molecule has 22 heavy (non-hydrogen) atoms. The van der Waals surface area contributed by atoms with E-state index in [1.165, 1.54) is 0 Å². The van der Waals surface area contributed by atoms with Crippen molar-refractivity contribution in [1.29, 1.82) is 0 Å². The molecule has 1 aliphatic heterocycles. The fraction of sp³-hybridized carbons (Fsp3) is 0.562. The minimum absolute atomic E-state index is 0.113. The number of anilines is 1. The quantitative estimate of drug-likeness (QED) is 0.927. The van der Waals surface area contributed by atoms with Crippen LogP contribution in [0.4, 0.5) is 10.5 Å². The molecule has 0 radical (unpaired) electrons. The van der Waals surface area contributed by atoms with Crippen LogP contribution in [0.3, 0.4) is 0 Å². The van der Waals surface area contributed by atoms with Crippen LogP contribution in [0.2, 0.25) is 0 Å². The number of methoxy groups -OCH3 is 2. The Hall–Kier alpha value is -1.95. The lowest BCUT2D eigenvalue weighted by atomic mass is 10.0. The lowest BCUT2D eigenvalue weighted by molar-refractivity contribution is 0.156. The van der Waals surface area contributed by atoms with E-state index in [9.17, 15) is 4.79 Å². The highest BCUT2D eigenvalue weighted by atomic mass is 16.5. The molecule has 0 atom stereocenters. The summed E-state index contributed by atoms with van der Waals surface area (Å²) in [6.45, 7) is 2.04. The number of amides is 2. The van der Waals surface area contributed by atoms with Gasteiger partial charge < -0.3 is 24.6 Å². The molecule has 2 rings (SSSR count). The summed E-state index contributed by atoms with van der Waals surface area (Å²) in [5.74, 6) is 1.28. The maximum Gasteiger partial charge on any atom is 0.321 e. The molecule has 0 bridgehead atoms. The summed E-state index contributed by atoms with van der Waals surface area (Å²) in [5.41, 5.74) is 0.646. The summed E-state index contributed by atoms with van der Waals surface area (Å²) in [5, 5.41) is 2.91. The van der Waals surface area contributed by atoms with Gasteiger partial charge in [0.15, 0.2) is 0 Å². The number of piperidine rings is 1. The number of likely N-dealkylation sites (tertiary alicyclic amines) is 1. The van der Waals surface area contributed by atoms with Gasteiger partial charge in [0, 0.05) is 19.2 Å². The molecule has 1 fully saturated rings. The predicted molar refractivity (Wildman–Crippen MR) is 86.8 cm³/mol. The first-order valence-electron chi connectivity index (χ1n) is 7.49. The van der Waals surface area contributed by atoms with E-state index in [4.69, 9.17) is 9.47 Å². The van der Waals surface area contributed by atoms with E-state index in [1.807, 2.05) is 7.05 Å². The Morgan fingerprint density at radius 3 is 2.55 bits per heavy atom. The fourth-order valence-electron chi connectivity index (χ4n) is 2.65. The van der Waals surface area contributed by atoms with E-state index in [0.717, 1.165) is 25.9 Å². The van der Waals surface area contributed by atoms with Crippen LogP contribution in [-0.4, -0.2) is 63.3 Å². The second-order valence-electron chi connectivity index (χ2n) is 5.64. The highest BCUT2D eigenvalue weighted by Crippen LogP contribution is 2.29. The molecule has 0 spiro atoms. The average molecular weight is 307 g/mol. The Balaban J connectivity index is 2.02. The smallest absolute Gasteiger partial charge is 0.321 e. The Bertz CT molecular complexity index is 513. The number of nitrogens with zero attached hydrogens (tertiary/aromatic N) is 2. The van der Waals surface area contributed by atoms with Crippen molar-refractivity contribution in [3.05, 3.63) is 18.2 Å². The third-order valence-corrected chi connectivity index (χ3v) is 4.21. The van der Waals surface area contributed by atoms with Gasteiger partial charge >= 0.3 is 6.03 Å². The van der Waals surface area contributed by atoms with Gasteiger partial charge in [-0.3, -0.25) is 0 Å². The average Bonchev–Trinajstić information content (AvgIpc) is 2.55. The van der Waals surface area contributed by atoms with Crippen LogP contribution in [-0.2, 0) is 0 Å². The molecule has 0 saturated carbocycles. The molecule has 1 saturated heterocycles. The van der Waals surface area contributed by atoms with E-state index >= 15 is 0 Å². The lowest BCUT2D eigenvalue weighted by Crippen LogP contribution is -2.46. The normalized spacial score (nSPS) is 16.2. The van der Waals surface area contributed by atoms with Gasteiger partial charge in [-0.1, -0.05) is 0 Å². The molecule has 0 aliphatic carbocycles. The van der Waals surface area contributed by atoms with Gasteiger partial charge in [-0.15, -0.1) is 0 Å². The van der Waals surface area contributed by atoms with Gasteiger partial charge in [0.1, 0.15) is 11.5 Å². The molecule has 1 aliphatic rings. The first-order valence-corrected chi connectivity index (χ1v) is 7.49. The van der Waals surface area contributed by atoms with E-state index in [0.29, 0.717) is 17.2 Å². The van der Waals surface area contributed by atoms with Gasteiger partial charge in [-0.05, 0) is 45.1 Å². The number of urea groups is 1. The molecule has 6 nitrogen and oxygen atoms in total. The summed E-state index contributed by atoms with van der Waals surface area (Å²) in [7, 11) is 7.13. The minimum Gasteiger partial charge on any atom is -0.497 e. The number of benzene rings is 1. The van der Waals surface area contributed by atoms with Crippen molar-refractivity contribution in [1.82, 2.24) is 9.80 Å². The zero-order valence-corrected chi connectivity index (χ0v) is 13.8. The Kier molecular flexibility index (Phi) is 5.49. The lowest BCUT2D eigenvalue weighted by Gasteiger charge is -2.35. The van der Waals surface area contributed by atoms with E-state index in [2.05, 4.69) is 17.3 Å². The molecule has 0 aromatic heterocycles. The maximum absolute atomic E-state index is 12.4. The van der Waals surface area contributed by atoms with Gasteiger partial charge in [0.2, 0.25) is 0 Å². The number of ether oxygens (including phenoxy) is 2. The van der Waals surface area contributed by atoms with Gasteiger partial charge in [-0.25, -0.2) is 4.79 Å². The molecule has 6 heteroatoms. The first kappa shape index (κ1) is 16.4. The zero-order valence-electron chi connectivity index (χ0n) is 13.8. The minimum atomic E-state index is -0.113. The van der Waals surface area contributed by atoms with Crippen molar-refractivity contribution < 1.29 is 14.3 Å². The van der Waals surface area contributed by atoms with Crippen molar-refractivity contribution in [3.8, 4) is 11.5 Å². The van der Waals surface area contributed by atoms with E-state index in [-0.39, 0.29) is 12.1 Å². The third kappa shape index (κ3) is 3.82. The second kappa shape index (κ2) is 7.35. The molecule has 1 heterocycles. The maximum atomic E-state index is 12.4. The molecule has 0 unspecified atom stereocenters. The van der Waals surface area contributed by atoms with Crippen molar-refractivity contribution in [3.63, 3.8) is 0 Å². The number of nitrogens with one attached hydrogen (secondary N) is 1. The van der Waals surface area contributed by atoms with E-state index in [1.54, 1.807) is 37.3 Å². The van der Waals surface area contributed by atoms with Crippen molar-refractivity contribution >= 4 is 11.7 Å². The van der Waals surface area contributed by atoms with Crippen LogP contribution in [0.5, 0.6) is 11.5 Å². The van der Waals surface area contributed by atoms with E-state index < -0.39 is 0 Å². The Labute approximate surface area is 132 Å². The largest absolute Gasteiger partial charge is 0.497 e. The zero-order chi connectivity index (χ0) is 16.1. The van der Waals surface area contributed by atoms with Crippen LogP contribution in [0.25, 0.3) is 0 Å². The van der Waals surface area contributed by atoms with Crippen LogP contribution < -0.4 is 14.8 Å². The monoisotopic (exact) mass is 307 g/mol. The second-order valence-corrected chi connectivity index (χ2v) is 5.64. The summed E-state index contributed by atoms with van der Waals surface area (Å²) < 4.78 is 10.5. The van der Waals surface area contributed by atoms with Crippen molar-refractivity contribution in [2.45, 2.75) is 18.9 Å². The molecular weight excluding hydrogens is 282 g/mol. The van der Waals surface area contributed by atoms with Gasteiger partial charge in [-0.2, -0.15) is 0 Å². The highest BCUT2D eigenvalue weighted by Gasteiger charge is 2.24. The third-order valence-electron chi connectivity index (χ3n) is 4.21. The van der Waals surface area contributed by atoms with Gasteiger partial charge in [0.25, 0.3) is 0 Å². The highest BCUT2D eigenvalue weighted by molar-refractivity contribution is 5.91. The van der Waals surface area contributed by atoms with Crippen molar-refractivity contribution in [2.24, 2.45) is 0 Å². The summed E-state index contributed by atoms with van der Waals surface area (Å²) in [4.78, 5) is 16.5. The number of rotatable bonds is 4. The van der Waals surface area contributed by atoms with Crippen molar-refractivity contribution in [2.75, 3.05) is 46.7 Å². The molecule has 1 aromatic carbocycles. The number of carbonyl (C=O) groups is 1. The molecule has 1 aromatic rings. The SMILES string of the molecule is COc1ccc(NC(=O)N(C)C2CCN(C)CC2)c(OC)c1. The molecule has 1 N–H and O–H groups in total. The van der Waals surface area contributed by atoms with Crippen LogP contribution in [0, 0.1) is 0 Å². The Morgan fingerprint density at radius 2 is 1.95 bits per heavy atom. The van der Waals surface area contributed by atoms with Crippen LogP contribution in [0.1, 0.15) is 12.8 Å². The van der Waals surface area contributed by atoms with Gasteiger partial charge in [0.05, 0.1) is 19.9 Å². The summed E-state index contributed by atoms with van der Waals surface area (Å²) in [6.07, 6.45) is 2.00. The summed E-state index contributed by atoms with van der Waals surface area (Å²) in [6, 6.07) is 5.51. The Morgan fingerprint density at radius 1 is 1.27 bits per heavy atom. The standard InChI is InChI=1S/C16H25N3O3/c1-18-9-7-12(8-10-18)19(2)16(20)17-14-6-5-13(21-3)11-15(14)22-4/h5-6,11-12H,7-10H2,1-4H3,(H,17,20). The fourth-order valence-corrected chi connectivity index (χ4v) is 2.65. The number of hydrogen-bond donors (Lipinski definition) is 1. The number of carbonyl (C=O) groups excluding carboxylic acids is 1.